The van der Waals surface area contributed by atoms with Crippen LogP contribution in [-0.4, -0.2) is 18.5 Å². The van der Waals surface area contributed by atoms with Crippen LogP contribution >= 0.6 is 0 Å². The molecule has 1 amide bonds. The molecule has 1 fully saturated rings. The first kappa shape index (κ1) is 13.5. The lowest BCUT2D eigenvalue weighted by molar-refractivity contribution is -0.121. The maximum absolute atomic E-state index is 11.4. The van der Waals surface area contributed by atoms with Crippen molar-refractivity contribution in [2.45, 2.75) is 58.4 Å². The van der Waals surface area contributed by atoms with Crippen molar-refractivity contribution in [1.29, 1.82) is 0 Å². The van der Waals surface area contributed by atoms with Gasteiger partial charge >= 0.3 is 0 Å². The summed E-state index contributed by atoms with van der Waals surface area (Å²) in [7, 11) is 0. The van der Waals surface area contributed by atoms with E-state index >= 15 is 0 Å². The van der Waals surface area contributed by atoms with Crippen LogP contribution in [0.15, 0.2) is 0 Å². The molecule has 0 aromatic carbocycles. The van der Waals surface area contributed by atoms with Crippen LogP contribution in [0.3, 0.4) is 0 Å². The first-order chi connectivity index (χ1) is 7.58. The van der Waals surface area contributed by atoms with Gasteiger partial charge in [-0.05, 0) is 31.6 Å². The van der Waals surface area contributed by atoms with Crippen LogP contribution in [0, 0.1) is 11.8 Å². The molecule has 0 aromatic heterocycles. The van der Waals surface area contributed by atoms with Crippen LogP contribution in [-0.2, 0) is 4.79 Å². The molecule has 0 aliphatic heterocycles. The molecular weight excluding hydrogens is 200 g/mol. The first-order valence-electron chi connectivity index (χ1n) is 6.60. The van der Waals surface area contributed by atoms with E-state index in [-0.39, 0.29) is 11.9 Å². The van der Waals surface area contributed by atoms with E-state index in [1.807, 2.05) is 6.92 Å². The Kier molecular flexibility index (Phi) is 5.81. The molecule has 16 heavy (non-hydrogen) atoms. The molecule has 0 saturated heterocycles. The number of nitrogens with two attached hydrogens (primary N) is 1. The van der Waals surface area contributed by atoms with Crippen molar-refractivity contribution in [2.75, 3.05) is 6.54 Å². The van der Waals surface area contributed by atoms with E-state index in [0.29, 0.717) is 6.42 Å². The van der Waals surface area contributed by atoms with Gasteiger partial charge in [0.05, 0.1) is 0 Å². The maximum atomic E-state index is 11.4. The summed E-state index contributed by atoms with van der Waals surface area (Å²) >= 11 is 0. The zero-order valence-corrected chi connectivity index (χ0v) is 10.7. The van der Waals surface area contributed by atoms with Crippen molar-refractivity contribution in [3.63, 3.8) is 0 Å². The Morgan fingerprint density at radius 2 is 2.25 bits per heavy atom. The number of hydrogen-bond acceptors (Lipinski definition) is 2. The molecule has 1 saturated carbocycles. The standard InChI is InChI=1S/C13H26N2O/c1-10-4-3-5-12(8-10)6-7-15-13(16)9-11(2)14/h10-12H,3-9,14H2,1-2H3,(H,15,16). The molecule has 3 atom stereocenters. The van der Waals surface area contributed by atoms with Gasteiger partial charge in [-0.25, -0.2) is 0 Å². The van der Waals surface area contributed by atoms with Gasteiger partial charge in [-0.15, -0.1) is 0 Å². The van der Waals surface area contributed by atoms with E-state index in [2.05, 4.69) is 12.2 Å². The van der Waals surface area contributed by atoms with Crippen LogP contribution in [0.5, 0.6) is 0 Å². The summed E-state index contributed by atoms with van der Waals surface area (Å²) < 4.78 is 0. The highest BCUT2D eigenvalue weighted by atomic mass is 16.1. The second kappa shape index (κ2) is 6.89. The molecule has 1 aliphatic carbocycles. The Morgan fingerprint density at radius 3 is 2.88 bits per heavy atom. The summed E-state index contributed by atoms with van der Waals surface area (Å²) in [5, 5.41) is 2.96. The fraction of sp³-hybridized carbons (Fsp3) is 0.923. The van der Waals surface area contributed by atoms with Crippen LogP contribution in [0.1, 0.15) is 52.4 Å². The third-order valence-corrected chi connectivity index (χ3v) is 3.43. The number of nitrogens with one attached hydrogen (secondary N) is 1. The molecule has 3 unspecified atom stereocenters. The highest BCUT2D eigenvalue weighted by molar-refractivity contribution is 5.76. The minimum atomic E-state index is -0.0327. The molecule has 3 nitrogen and oxygen atoms in total. The fourth-order valence-corrected chi connectivity index (χ4v) is 2.60. The van der Waals surface area contributed by atoms with Crippen LogP contribution in [0.25, 0.3) is 0 Å². The molecule has 94 valence electrons. The van der Waals surface area contributed by atoms with Crippen molar-refractivity contribution < 1.29 is 4.79 Å². The molecule has 1 aliphatic rings. The SMILES string of the molecule is CC(N)CC(=O)NCCC1CCCC(C)C1. The highest BCUT2D eigenvalue weighted by Gasteiger charge is 2.18. The quantitative estimate of drug-likeness (QED) is 0.754. The zero-order chi connectivity index (χ0) is 12.0. The van der Waals surface area contributed by atoms with Gasteiger partial charge < -0.3 is 11.1 Å². The van der Waals surface area contributed by atoms with Gasteiger partial charge in [0.15, 0.2) is 0 Å². The van der Waals surface area contributed by atoms with Gasteiger partial charge in [0.25, 0.3) is 0 Å². The zero-order valence-electron chi connectivity index (χ0n) is 10.7. The van der Waals surface area contributed by atoms with E-state index in [4.69, 9.17) is 5.73 Å². The minimum Gasteiger partial charge on any atom is -0.356 e. The van der Waals surface area contributed by atoms with Gasteiger partial charge in [0.2, 0.25) is 5.91 Å². The summed E-state index contributed by atoms with van der Waals surface area (Å²) in [6, 6.07) is -0.0327. The van der Waals surface area contributed by atoms with Crippen molar-refractivity contribution in [2.24, 2.45) is 17.6 Å². The molecule has 0 heterocycles. The normalized spacial score (nSPS) is 27.4. The molecule has 1 rings (SSSR count). The Labute approximate surface area is 99.2 Å². The van der Waals surface area contributed by atoms with Gasteiger partial charge in [-0.1, -0.05) is 26.2 Å². The lowest BCUT2D eigenvalue weighted by Crippen LogP contribution is -2.31. The molecule has 0 bridgehead atoms. The van der Waals surface area contributed by atoms with Crippen molar-refractivity contribution >= 4 is 5.91 Å². The topological polar surface area (TPSA) is 55.1 Å². The van der Waals surface area contributed by atoms with E-state index in [0.717, 1.165) is 24.8 Å². The molecule has 3 N–H and O–H groups in total. The van der Waals surface area contributed by atoms with Crippen molar-refractivity contribution in [1.82, 2.24) is 5.32 Å². The van der Waals surface area contributed by atoms with E-state index in [9.17, 15) is 4.79 Å². The van der Waals surface area contributed by atoms with Crippen LogP contribution in [0.4, 0.5) is 0 Å². The van der Waals surface area contributed by atoms with Crippen molar-refractivity contribution in [3.8, 4) is 0 Å². The van der Waals surface area contributed by atoms with Crippen LogP contribution < -0.4 is 11.1 Å². The van der Waals surface area contributed by atoms with Crippen LogP contribution in [0.2, 0.25) is 0 Å². The Morgan fingerprint density at radius 1 is 1.50 bits per heavy atom. The molecule has 0 spiro atoms. The summed E-state index contributed by atoms with van der Waals surface area (Å²) in [6.45, 7) is 5.02. The molecule has 0 radical (unpaired) electrons. The number of carbonyl (C=O) groups excluding carboxylic acids is 1. The van der Waals surface area contributed by atoms with E-state index in [1.165, 1.54) is 25.7 Å². The minimum absolute atomic E-state index is 0.0327. The van der Waals surface area contributed by atoms with Gasteiger partial charge in [0, 0.05) is 19.0 Å². The second-order valence-electron chi connectivity index (χ2n) is 5.46. The average molecular weight is 226 g/mol. The lowest BCUT2D eigenvalue weighted by Gasteiger charge is -2.26. The average Bonchev–Trinajstić information content (AvgIpc) is 2.16. The van der Waals surface area contributed by atoms with Gasteiger partial charge in [0.1, 0.15) is 0 Å². The number of amides is 1. The molecular formula is C13H26N2O. The fourth-order valence-electron chi connectivity index (χ4n) is 2.60. The van der Waals surface area contributed by atoms with E-state index < -0.39 is 0 Å². The number of carbonyl (C=O) groups is 1. The summed E-state index contributed by atoms with van der Waals surface area (Å²) in [5.74, 6) is 1.79. The monoisotopic (exact) mass is 226 g/mol. The highest BCUT2D eigenvalue weighted by Crippen LogP contribution is 2.30. The number of hydrogen-bond donors (Lipinski definition) is 2. The summed E-state index contributed by atoms with van der Waals surface area (Å²) in [5.41, 5.74) is 5.57. The molecule has 3 heteroatoms. The Bertz CT molecular complexity index is 216. The lowest BCUT2D eigenvalue weighted by atomic mass is 9.81. The predicted molar refractivity (Wildman–Crippen MR) is 67.0 cm³/mol. The maximum Gasteiger partial charge on any atom is 0.221 e. The van der Waals surface area contributed by atoms with Gasteiger partial charge in [-0.3, -0.25) is 4.79 Å². The van der Waals surface area contributed by atoms with Crippen molar-refractivity contribution in [3.05, 3.63) is 0 Å². The largest absolute Gasteiger partial charge is 0.356 e. The van der Waals surface area contributed by atoms with Gasteiger partial charge in [-0.2, -0.15) is 0 Å². The Balaban J connectivity index is 2.08. The predicted octanol–water partition coefficient (Wildman–Crippen LogP) is 2.06. The summed E-state index contributed by atoms with van der Waals surface area (Å²) in [4.78, 5) is 11.4. The first-order valence-corrected chi connectivity index (χ1v) is 6.60. The Hall–Kier alpha value is -0.570. The summed E-state index contributed by atoms with van der Waals surface area (Å²) in [6.07, 6.45) is 7.00. The third-order valence-electron chi connectivity index (χ3n) is 3.43. The van der Waals surface area contributed by atoms with E-state index in [1.54, 1.807) is 0 Å². The molecule has 0 aromatic rings. The second-order valence-corrected chi connectivity index (χ2v) is 5.46. The smallest absolute Gasteiger partial charge is 0.221 e. The number of rotatable bonds is 5. The third kappa shape index (κ3) is 5.50.